The van der Waals surface area contributed by atoms with E-state index in [-0.39, 0.29) is 0 Å². The van der Waals surface area contributed by atoms with Gasteiger partial charge in [-0.25, -0.2) is 0 Å². The fourth-order valence-electron chi connectivity index (χ4n) is 1.29. The van der Waals surface area contributed by atoms with Crippen LogP contribution >= 0.6 is 11.6 Å². The van der Waals surface area contributed by atoms with Crippen LogP contribution in [-0.4, -0.2) is 11.2 Å². The normalized spacial score (nSPS) is 11.1. The third-order valence-electron chi connectivity index (χ3n) is 1.86. The third kappa shape index (κ3) is 1.68. The minimum Gasteiger partial charge on any atom is -0.365 e. The van der Waals surface area contributed by atoms with Crippen molar-refractivity contribution in [2.75, 3.05) is 5.32 Å². The first-order chi connectivity index (χ1) is 6.66. The second-order valence-electron chi connectivity index (χ2n) is 3.47. The Bertz CT molecular complexity index is 450. The van der Waals surface area contributed by atoms with E-state index in [9.17, 15) is 0 Å². The molecule has 2 aromatic rings. The number of nitrogens with one attached hydrogen (secondary N) is 1. The van der Waals surface area contributed by atoms with E-state index in [2.05, 4.69) is 10.5 Å². The Hall–Kier alpha value is -1.22. The Balaban J connectivity index is 2.50. The molecule has 0 atom stereocenters. The molecule has 0 bridgehead atoms. The second-order valence-corrected chi connectivity index (χ2v) is 3.91. The molecule has 0 amide bonds. The highest BCUT2D eigenvalue weighted by atomic mass is 35.5. The quantitative estimate of drug-likeness (QED) is 0.827. The van der Waals surface area contributed by atoms with Crippen molar-refractivity contribution in [2.45, 2.75) is 19.9 Å². The number of rotatable bonds is 2. The van der Waals surface area contributed by atoms with Crippen molar-refractivity contribution in [1.82, 2.24) is 5.16 Å². The lowest BCUT2D eigenvalue weighted by atomic mass is 10.2. The topological polar surface area (TPSA) is 38.1 Å². The van der Waals surface area contributed by atoms with Gasteiger partial charge in [0.25, 0.3) is 0 Å². The van der Waals surface area contributed by atoms with Gasteiger partial charge < -0.3 is 9.84 Å². The first-order valence-electron chi connectivity index (χ1n) is 4.48. The number of hydrogen-bond donors (Lipinski definition) is 1. The molecule has 0 aliphatic carbocycles. The van der Waals surface area contributed by atoms with Gasteiger partial charge in [0, 0.05) is 11.1 Å². The van der Waals surface area contributed by atoms with Crippen molar-refractivity contribution in [3.05, 3.63) is 23.2 Å². The van der Waals surface area contributed by atoms with E-state index >= 15 is 0 Å². The van der Waals surface area contributed by atoms with Gasteiger partial charge in [-0.2, -0.15) is 0 Å². The number of fused-ring (bicyclic) bond motifs is 1. The first-order valence-corrected chi connectivity index (χ1v) is 4.86. The molecule has 0 unspecified atom stereocenters. The van der Waals surface area contributed by atoms with Gasteiger partial charge in [-0.1, -0.05) is 16.8 Å². The maximum Gasteiger partial charge on any atom is 0.177 e. The maximum absolute atomic E-state index is 5.89. The minimum atomic E-state index is 0.322. The average molecular weight is 211 g/mol. The summed E-state index contributed by atoms with van der Waals surface area (Å²) >= 11 is 5.89. The van der Waals surface area contributed by atoms with Crippen LogP contribution in [0.15, 0.2) is 22.7 Å². The molecular formula is C10H11ClN2O. The molecule has 0 radical (unpaired) electrons. The summed E-state index contributed by atoms with van der Waals surface area (Å²) in [5.74, 6) is 0.748. The molecule has 0 saturated carbocycles. The summed E-state index contributed by atoms with van der Waals surface area (Å²) in [5, 5.41) is 8.73. The van der Waals surface area contributed by atoms with Crippen molar-refractivity contribution in [2.24, 2.45) is 0 Å². The molecule has 1 aromatic heterocycles. The summed E-state index contributed by atoms with van der Waals surface area (Å²) in [6, 6.07) is 5.77. The van der Waals surface area contributed by atoms with E-state index in [1.54, 1.807) is 6.07 Å². The Labute approximate surface area is 87.0 Å². The van der Waals surface area contributed by atoms with Crippen LogP contribution < -0.4 is 5.32 Å². The predicted molar refractivity (Wildman–Crippen MR) is 57.8 cm³/mol. The van der Waals surface area contributed by atoms with Crippen molar-refractivity contribution in [1.29, 1.82) is 0 Å². The summed E-state index contributed by atoms with van der Waals surface area (Å²) in [5.41, 5.74) is 0.748. The molecule has 0 saturated heterocycles. The minimum absolute atomic E-state index is 0.322. The number of anilines is 1. The molecule has 0 spiro atoms. The molecule has 0 fully saturated rings. The van der Waals surface area contributed by atoms with Gasteiger partial charge in [0.15, 0.2) is 11.4 Å². The van der Waals surface area contributed by atoms with E-state index in [1.807, 2.05) is 26.0 Å². The SMILES string of the molecule is CC(C)Nc1noc2ccc(Cl)cc12. The van der Waals surface area contributed by atoms with E-state index in [0.717, 1.165) is 16.8 Å². The molecular weight excluding hydrogens is 200 g/mol. The van der Waals surface area contributed by atoms with Crippen LogP contribution in [0, 0.1) is 0 Å². The molecule has 3 nitrogen and oxygen atoms in total. The number of nitrogens with zero attached hydrogens (tertiary/aromatic N) is 1. The van der Waals surface area contributed by atoms with Crippen LogP contribution in [0.3, 0.4) is 0 Å². The molecule has 0 aliphatic rings. The Morgan fingerprint density at radius 3 is 2.93 bits per heavy atom. The van der Waals surface area contributed by atoms with Crippen LogP contribution in [0.2, 0.25) is 5.02 Å². The number of benzene rings is 1. The van der Waals surface area contributed by atoms with Crippen molar-refractivity contribution in [3.8, 4) is 0 Å². The van der Waals surface area contributed by atoms with Crippen LogP contribution in [-0.2, 0) is 0 Å². The van der Waals surface area contributed by atoms with Crippen molar-refractivity contribution in [3.63, 3.8) is 0 Å². The van der Waals surface area contributed by atoms with Gasteiger partial charge in [0.1, 0.15) is 0 Å². The molecule has 1 heterocycles. The number of aromatic nitrogens is 1. The predicted octanol–water partition coefficient (Wildman–Crippen LogP) is 3.30. The number of halogens is 1. The van der Waals surface area contributed by atoms with Crippen molar-refractivity contribution >= 4 is 28.4 Å². The average Bonchev–Trinajstić information content (AvgIpc) is 2.47. The zero-order valence-electron chi connectivity index (χ0n) is 8.04. The fraction of sp³-hybridized carbons (Fsp3) is 0.300. The number of hydrogen-bond acceptors (Lipinski definition) is 3. The zero-order valence-corrected chi connectivity index (χ0v) is 8.80. The van der Waals surface area contributed by atoms with E-state index in [4.69, 9.17) is 16.1 Å². The standard InChI is InChI=1S/C10H11ClN2O/c1-6(2)12-10-8-5-7(11)3-4-9(8)14-13-10/h3-6H,1-2H3,(H,12,13). The largest absolute Gasteiger partial charge is 0.365 e. The lowest BCUT2D eigenvalue weighted by molar-refractivity contribution is 0.458. The summed E-state index contributed by atoms with van der Waals surface area (Å²) in [6.07, 6.45) is 0. The van der Waals surface area contributed by atoms with Gasteiger partial charge in [-0.05, 0) is 32.0 Å². The molecule has 2 rings (SSSR count). The fourth-order valence-corrected chi connectivity index (χ4v) is 1.46. The molecule has 1 N–H and O–H groups in total. The summed E-state index contributed by atoms with van der Waals surface area (Å²) in [6.45, 7) is 4.09. The lowest BCUT2D eigenvalue weighted by Gasteiger charge is -2.05. The summed E-state index contributed by atoms with van der Waals surface area (Å²) in [4.78, 5) is 0. The molecule has 0 aliphatic heterocycles. The van der Waals surface area contributed by atoms with E-state index in [0.29, 0.717) is 11.1 Å². The lowest BCUT2D eigenvalue weighted by Crippen LogP contribution is -2.09. The summed E-state index contributed by atoms with van der Waals surface area (Å²) in [7, 11) is 0. The monoisotopic (exact) mass is 210 g/mol. The third-order valence-corrected chi connectivity index (χ3v) is 2.09. The Morgan fingerprint density at radius 1 is 1.43 bits per heavy atom. The Kier molecular flexibility index (Phi) is 2.33. The highest BCUT2D eigenvalue weighted by Crippen LogP contribution is 2.26. The van der Waals surface area contributed by atoms with E-state index in [1.165, 1.54) is 0 Å². The molecule has 14 heavy (non-hydrogen) atoms. The smallest absolute Gasteiger partial charge is 0.177 e. The summed E-state index contributed by atoms with van der Waals surface area (Å²) < 4.78 is 5.13. The van der Waals surface area contributed by atoms with Crippen LogP contribution in [0.5, 0.6) is 0 Å². The van der Waals surface area contributed by atoms with E-state index < -0.39 is 0 Å². The van der Waals surface area contributed by atoms with Crippen LogP contribution in [0.25, 0.3) is 11.0 Å². The second kappa shape index (κ2) is 3.50. The van der Waals surface area contributed by atoms with Gasteiger partial charge >= 0.3 is 0 Å². The van der Waals surface area contributed by atoms with Gasteiger partial charge in [-0.3, -0.25) is 0 Å². The van der Waals surface area contributed by atoms with Gasteiger partial charge in [0.05, 0.1) is 5.39 Å². The molecule has 74 valence electrons. The van der Waals surface area contributed by atoms with Gasteiger partial charge in [-0.15, -0.1) is 0 Å². The molecule has 4 heteroatoms. The highest BCUT2D eigenvalue weighted by molar-refractivity contribution is 6.31. The zero-order chi connectivity index (χ0) is 10.1. The molecule has 1 aromatic carbocycles. The highest BCUT2D eigenvalue weighted by Gasteiger charge is 2.08. The van der Waals surface area contributed by atoms with Crippen molar-refractivity contribution < 1.29 is 4.52 Å². The van der Waals surface area contributed by atoms with Crippen LogP contribution in [0.4, 0.5) is 5.82 Å². The van der Waals surface area contributed by atoms with Gasteiger partial charge in [0.2, 0.25) is 0 Å². The Morgan fingerprint density at radius 2 is 2.21 bits per heavy atom. The first kappa shape index (κ1) is 9.34. The maximum atomic E-state index is 5.89. The van der Waals surface area contributed by atoms with Crippen LogP contribution in [0.1, 0.15) is 13.8 Å².